The van der Waals surface area contributed by atoms with Gasteiger partial charge in [0, 0.05) is 17.3 Å². The largest absolute Gasteiger partial charge is 0.369 e. The number of nitrogens with zero attached hydrogens (tertiary/aromatic N) is 2. The average molecular weight is 264 g/mol. The molecule has 3 N–H and O–H groups in total. The van der Waals surface area contributed by atoms with Gasteiger partial charge in [-0.05, 0) is 26.7 Å². The lowest BCUT2D eigenvalue weighted by molar-refractivity contribution is -0.122. The Bertz CT molecular complexity index is 544. The monoisotopic (exact) mass is 264 g/mol. The number of hydrogen-bond donors (Lipinski definition) is 2. The highest BCUT2D eigenvalue weighted by atomic mass is 16.2. The van der Waals surface area contributed by atoms with Gasteiger partial charge in [-0.2, -0.15) is 0 Å². The highest BCUT2D eigenvalue weighted by Gasteiger charge is 2.18. The lowest BCUT2D eigenvalue weighted by atomic mass is 10.2. The quantitative estimate of drug-likeness (QED) is 0.832. The van der Waals surface area contributed by atoms with Gasteiger partial charge in [-0.1, -0.05) is 12.8 Å². The van der Waals surface area contributed by atoms with Gasteiger partial charge in [0.2, 0.25) is 11.9 Å². The van der Waals surface area contributed by atoms with Gasteiger partial charge < -0.3 is 11.1 Å². The fourth-order valence-electron chi connectivity index (χ4n) is 2.42. The van der Waals surface area contributed by atoms with Crippen molar-refractivity contribution >= 4 is 11.9 Å². The molecule has 0 atom stereocenters. The Kier molecular flexibility index (Phi) is 3.87. The zero-order valence-corrected chi connectivity index (χ0v) is 11.4. The molecule has 2 rings (SSSR count). The molecule has 0 aromatic carbocycles. The number of nitrogen functional groups attached to an aromatic ring is 1. The molecule has 1 amide bonds. The van der Waals surface area contributed by atoms with Gasteiger partial charge in [0.1, 0.15) is 6.54 Å². The minimum atomic E-state index is -0.244. The van der Waals surface area contributed by atoms with Gasteiger partial charge in [-0.3, -0.25) is 14.2 Å². The van der Waals surface area contributed by atoms with Crippen LogP contribution in [-0.2, 0) is 11.3 Å². The number of anilines is 1. The molecule has 6 nitrogen and oxygen atoms in total. The smallest absolute Gasteiger partial charge is 0.258 e. The molecule has 0 aliphatic heterocycles. The molecule has 0 radical (unpaired) electrons. The Hall–Kier alpha value is -1.85. The van der Waals surface area contributed by atoms with Crippen molar-refractivity contribution in [1.82, 2.24) is 14.9 Å². The highest BCUT2D eigenvalue weighted by Crippen LogP contribution is 2.17. The van der Waals surface area contributed by atoms with E-state index in [4.69, 9.17) is 5.73 Å². The molecule has 1 heterocycles. The summed E-state index contributed by atoms with van der Waals surface area (Å²) in [5.41, 5.74) is 6.61. The maximum atomic E-state index is 12.0. The van der Waals surface area contributed by atoms with Gasteiger partial charge in [0.25, 0.3) is 5.56 Å². The van der Waals surface area contributed by atoms with Crippen LogP contribution >= 0.6 is 0 Å². The van der Waals surface area contributed by atoms with Crippen LogP contribution in [0.25, 0.3) is 0 Å². The van der Waals surface area contributed by atoms with Crippen LogP contribution in [0.15, 0.2) is 4.79 Å². The van der Waals surface area contributed by atoms with E-state index in [1.54, 1.807) is 13.8 Å². The number of carbonyl (C=O) groups is 1. The third-order valence-corrected chi connectivity index (χ3v) is 3.69. The maximum Gasteiger partial charge on any atom is 0.258 e. The molecule has 1 aliphatic rings. The van der Waals surface area contributed by atoms with Crippen LogP contribution in [0.5, 0.6) is 0 Å². The molecule has 1 aliphatic carbocycles. The van der Waals surface area contributed by atoms with Crippen molar-refractivity contribution in [3.05, 3.63) is 21.6 Å². The minimum absolute atomic E-state index is 0.0602. The number of amides is 1. The van der Waals surface area contributed by atoms with E-state index in [0.717, 1.165) is 25.7 Å². The molecular weight excluding hydrogens is 244 g/mol. The van der Waals surface area contributed by atoms with Crippen molar-refractivity contribution in [1.29, 1.82) is 0 Å². The number of aryl methyl sites for hydroxylation is 1. The molecule has 1 aromatic heterocycles. The van der Waals surface area contributed by atoms with Gasteiger partial charge >= 0.3 is 0 Å². The maximum absolute atomic E-state index is 12.0. The van der Waals surface area contributed by atoms with Crippen LogP contribution in [0.1, 0.15) is 36.9 Å². The van der Waals surface area contributed by atoms with E-state index >= 15 is 0 Å². The summed E-state index contributed by atoms with van der Waals surface area (Å²) >= 11 is 0. The van der Waals surface area contributed by atoms with Crippen molar-refractivity contribution in [2.75, 3.05) is 5.73 Å². The van der Waals surface area contributed by atoms with E-state index in [1.165, 1.54) is 4.57 Å². The molecular formula is C13H20N4O2. The van der Waals surface area contributed by atoms with Crippen LogP contribution in [0.3, 0.4) is 0 Å². The lowest BCUT2D eigenvalue weighted by Gasteiger charge is -2.14. The van der Waals surface area contributed by atoms with Crippen molar-refractivity contribution < 1.29 is 4.79 Å². The van der Waals surface area contributed by atoms with E-state index in [9.17, 15) is 9.59 Å². The predicted molar refractivity (Wildman–Crippen MR) is 72.8 cm³/mol. The molecule has 1 saturated carbocycles. The number of rotatable bonds is 3. The van der Waals surface area contributed by atoms with Crippen LogP contribution in [0, 0.1) is 13.8 Å². The third kappa shape index (κ3) is 2.94. The van der Waals surface area contributed by atoms with Crippen LogP contribution in [0.4, 0.5) is 5.95 Å². The minimum Gasteiger partial charge on any atom is -0.369 e. The Morgan fingerprint density at radius 3 is 2.68 bits per heavy atom. The molecule has 6 heteroatoms. The number of nitrogens with one attached hydrogen (secondary N) is 1. The first kappa shape index (κ1) is 13.6. The Morgan fingerprint density at radius 2 is 2.05 bits per heavy atom. The van der Waals surface area contributed by atoms with E-state index < -0.39 is 0 Å². The van der Waals surface area contributed by atoms with Crippen molar-refractivity contribution in [3.63, 3.8) is 0 Å². The normalized spacial score (nSPS) is 15.7. The standard InChI is InChI=1S/C13H20N4O2/c1-8-9(2)15-13(14)17(12(8)19)7-11(18)16-10-5-3-4-6-10/h10H,3-7H2,1-2H3,(H2,14,15)(H,16,18). The summed E-state index contributed by atoms with van der Waals surface area (Å²) in [6, 6.07) is 0.240. The van der Waals surface area contributed by atoms with E-state index in [1.807, 2.05) is 0 Å². The first-order valence-corrected chi connectivity index (χ1v) is 6.62. The SMILES string of the molecule is Cc1nc(N)n(CC(=O)NC2CCCC2)c(=O)c1C. The van der Waals surface area contributed by atoms with Crippen molar-refractivity contribution in [2.45, 2.75) is 52.1 Å². The molecule has 1 fully saturated rings. The van der Waals surface area contributed by atoms with Gasteiger partial charge in [0.05, 0.1) is 0 Å². The zero-order valence-electron chi connectivity index (χ0n) is 11.4. The van der Waals surface area contributed by atoms with Gasteiger partial charge in [-0.15, -0.1) is 0 Å². The summed E-state index contributed by atoms with van der Waals surface area (Å²) in [5.74, 6) is -0.0829. The van der Waals surface area contributed by atoms with Crippen LogP contribution < -0.4 is 16.6 Å². The molecule has 0 saturated heterocycles. The number of nitrogens with two attached hydrogens (primary N) is 1. The summed E-state index contributed by atoms with van der Waals surface area (Å²) in [5, 5.41) is 2.93. The second-order valence-corrected chi connectivity index (χ2v) is 5.12. The summed E-state index contributed by atoms with van der Waals surface area (Å²) < 4.78 is 1.23. The van der Waals surface area contributed by atoms with E-state index in [0.29, 0.717) is 11.3 Å². The average Bonchev–Trinajstić information content (AvgIpc) is 2.85. The molecule has 1 aromatic rings. The zero-order chi connectivity index (χ0) is 14.0. The summed E-state index contributed by atoms with van der Waals surface area (Å²) in [4.78, 5) is 28.0. The molecule has 19 heavy (non-hydrogen) atoms. The third-order valence-electron chi connectivity index (χ3n) is 3.69. The lowest BCUT2D eigenvalue weighted by Crippen LogP contribution is -2.39. The topological polar surface area (TPSA) is 90.0 Å². The first-order chi connectivity index (χ1) is 8.99. The van der Waals surface area contributed by atoms with E-state index in [2.05, 4.69) is 10.3 Å². The molecule has 0 bridgehead atoms. The first-order valence-electron chi connectivity index (χ1n) is 6.62. The summed E-state index contributed by atoms with van der Waals surface area (Å²) in [7, 11) is 0. The second kappa shape index (κ2) is 5.42. The highest BCUT2D eigenvalue weighted by molar-refractivity contribution is 5.76. The fraction of sp³-hybridized carbons (Fsp3) is 0.615. The van der Waals surface area contributed by atoms with Gasteiger partial charge in [-0.25, -0.2) is 4.98 Å². The Labute approximate surface area is 112 Å². The van der Waals surface area contributed by atoms with Crippen LogP contribution in [0.2, 0.25) is 0 Å². The number of carbonyl (C=O) groups excluding carboxylic acids is 1. The van der Waals surface area contributed by atoms with Crippen molar-refractivity contribution in [2.24, 2.45) is 0 Å². The summed E-state index contributed by atoms with van der Waals surface area (Å²) in [6.45, 7) is 3.36. The summed E-state index contributed by atoms with van der Waals surface area (Å²) in [6.07, 6.45) is 4.33. The fourth-order valence-corrected chi connectivity index (χ4v) is 2.42. The Balaban J connectivity index is 2.12. The molecule has 104 valence electrons. The van der Waals surface area contributed by atoms with Gasteiger partial charge in [0.15, 0.2) is 0 Å². The molecule has 0 spiro atoms. The number of hydrogen-bond acceptors (Lipinski definition) is 4. The molecule has 0 unspecified atom stereocenters. The van der Waals surface area contributed by atoms with E-state index in [-0.39, 0.29) is 30.0 Å². The number of aromatic nitrogens is 2. The van der Waals surface area contributed by atoms with Crippen molar-refractivity contribution in [3.8, 4) is 0 Å². The van der Waals surface area contributed by atoms with Crippen LogP contribution in [-0.4, -0.2) is 21.5 Å². The second-order valence-electron chi connectivity index (χ2n) is 5.12. The predicted octanol–water partition coefficient (Wildman–Crippen LogP) is 0.501. The Morgan fingerprint density at radius 1 is 1.42 bits per heavy atom.